The monoisotopic (exact) mass is 285 g/mol. The van der Waals surface area contributed by atoms with Crippen LogP contribution in [0.3, 0.4) is 0 Å². The average Bonchev–Trinajstić information content (AvgIpc) is 2.99. The first-order valence-corrected chi connectivity index (χ1v) is 7.65. The average molecular weight is 285 g/mol. The van der Waals surface area contributed by atoms with Crippen molar-refractivity contribution in [3.63, 3.8) is 0 Å². The molecule has 1 aliphatic rings. The summed E-state index contributed by atoms with van der Waals surface area (Å²) >= 11 is 2.97. The highest BCUT2D eigenvalue weighted by atomic mass is 32.2. The molecule has 1 aliphatic heterocycles. The van der Waals surface area contributed by atoms with Gasteiger partial charge in [-0.05, 0) is 36.5 Å². The van der Waals surface area contributed by atoms with Crippen LogP contribution in [-0.2, 0) is 9.53 Å². The summed E-state index contributed by atoms with van der Waals surface area (Å²) < 4.78 is 4.71. The Labute approximate surface area is 114 Å². The number of hydrogen-bond acceptors (Lipinski definition) is 5. The minimum Gasteiger partial charge on any atom is -0.465 e. The summed E-state index contributed by atoms with van der Waals surface area (Å²) in [6.45, 7) is 1.88. The molecule has 0 aromatic carbocycles. The van der Waals surface area contributed by atoms with E-state index in [-0.39, 0.29) is 11.2 Å². The van der Waals surface area contributed by atoms with E-state index in [4.69, 9.17) is 4.74 Å². The van der Waals surface area contributed by atoms with E-state index in [0.29, 0.717) is 10.6 Å². The molecule has 0 saturated carbocycles. The number of thioether (sulfide) groups is 1. The largest absolute Gasteiger partial charge is 0.465 e. The Kier molecular flexibility index (Phi) is 4.29. The maximum absolute atomic E-state index is 12.0. The third-order valence-electron chi connectivity index (χ3n) is 2.82. The second kappa shape index (κ2) is 5.75. The zero-order chi connectivity index (χ0) is 13.1. The molecular formula is C12H15NO3S2. The van der Waals surface area contributed by atoms with Gasteiger partial charge in [0.2, 0.25) is 5.91 Å². The Morgan fingerprint density at radius 1 is 1.50 bits per heavy atom. The number of rotatable bonds is 3. The molecule has 1 aromatic heterocycles. The van der Waals surface area contributed by atoms with Crippen molar-refractivity contribution in [3.05, 3.63) is 15.8 Å². The van der Waals surface area contributed by atoms with Gasteiger partial charge in [0, 0.05) is 0 Å². The second-order valence-corrected chi connectivity index (χ2v) is 6.30. The number of anilines is 1. The van der Waals surface area contributed by atoms with E-state index >= 15 is 0 Å². The van der Waals surface area contributed by atoms with Gasteiger partial charge >= 0.3 is 5.97 Å². The normalized spacial score (nSPS) is 18.7. The van der Waals surface area contributed by atoms with Crippen molar-refractivity contribution in [1.29, 1.82) is 0 Å². The van der Waals surface area contributed by atoms with Gasteiger partial charge in [0.15, 0.2) is 0 Å². The molecule has 4 nitrogen and oxygen atoms in total. The van der Waals surface area contributed by atoms with Crippen molar-refractivity contribution in [2.75, 3.05) is 18.2 Å². The van der Waals surface area contributed by atoms with Crippen LogP contribution in [0.5, 0.6) is 0 Å². The zero-order valence-electron chi connectivity index (χ0n) is 10.3. The number of nitrogens with one attached hydrogen (secondary N) is 1. The quantitative estimate of drug-likeness (QED) is 0.868. The number of ether oxygens (including phenoxy) is 1. The van der Waals surface area contributed by atoms with Crippen LogP contribution in [0.1, 0.15) is 28.1 Å². The Morgan fingerprint density at radius 3 is 2.89 bits per heavy atom. The first-order valence-electron chi connectivity index (χ1n) is 5.72. The van der Waals surface area contributed by atoms with Gasteiger partial charge in [-0.1, -0.05) is 0 Å². The highest BCUT2D eigenvalue weighted by molar-refractivity contribution is 8.00. The molecule has 0 radical (unpaired) electrons. The summed E-state index contributed by atoms with van der Waals surface area (Å²) in [4.78, 5) is 24.1. The molecule has 1 fully saturated rings. The van der Waals surface area contributed by atoms with Crippen LogP contribution in [0.15, 0.2) is 5.38 Å². The van der Waals surface area contributed by atoms with E-state index in [0.717, 1.165) is 24.2 Å². The lowest BCUT2D eigenvalue weighted by molar-refractivity contribution is -0.115. The minimum atomic E-state index is -0.400. The molecule has 2 heterocycles. The lowest BCUT2D eigenvalue weighted by Crippen LogP contribution is -2.24. The fraction of sp³-hybridized carbons (Fsp3) is 0.500. The molecule has 1 amide bonds. The molecular weight excluding hydrogens is 270 g/mol. The van der Waals surface area contributed by atoms with Gasteiger partial charge in [-0.25, -0.2) is 4.79 Å². The topological polar surface area (TPSA) is 55.4 Å². The summed E-state index contributed by atoms with van der Waals surface area (Å²) in [5.74, 6) is 0.622. The highest BCUT2D eigenvalue weighted by Gasteiger charge is 2.26. The molecule has 1 atom stereocenters. The zero-order valence-corrected chi connectivity index (χ0v) is 12.0. The first-order chi connectivity index (χ1) is 8.63. The van der Waals surface area contributed by atoms with Gasteiger partial charge in [-0.15, -0.1) is 23.1 Å². The molecule has 1 saturated heterocycles. The van der Waals surface area contributed by atoms with E-state index in [1.807, 2.05) is 12.3 Å². The molecule has 1 unspecified atom stereocenters. The summed E-state index contributed by atoms with van der Waals surface area (Å²) in [7, 11) is 1.34. The predicted octanol–water partition coefficient (Wildman–Crippen LogP) is 2.68. The third-order valence-corrected chi connectivity index (χ3v) is 5.27. The van der Waals surface area contributed by atoms with Crippen LogP contribution in [0, 0.1) is 6.92 Å². The minimum absolute atomic E-state index is 0.00907. The van der Waals surface area contributed by atoms with Crippen LogP contribution in [0.4, 0.5) is 5.69 Å². The van der Waals surface area contributed by atoms with Gasteiger partial charge in [-0.3, -0.25) is 4.79 Å². The van der Waals surface area contributed by atoms with Gasteiger partial charge in [-0.2, -0.15) is 0 Å². The number of carbonyl (C=O) groups excluding carboxylic acids is 2. The maximum atomic E-state index is 12.0. The molecule has 18 heavy (non-hydrogen) atoms. The molecule has 6 heteroatoms. The van der Waals surface area contributed by atoms with Gasteiger partial charge in [0.25, 0.3) is 0 Å². The number of carbonyl (C=O) groups is 2. The van der Waals surface area contributed by atoms with Crippen molar-refractivity contribution in [3.8, 4) is 0 Å². The van der Waals surface area contributed by atoms with Crippen LogP contribution >= 0.6 is 23.1 Å². The van der Waals surface area contributed by atoms with Crippen LogP contribution in [0.2, 0.25) is 0 Å². The fourth-order valence-electron chi connectivity index (χ4n) is 1.83. The number of hydrogen-bond donors (Lipinski definition) is 1. The van der Waals surface area contributed by atoms with Crippen LogP contribution in [0.25, 0.3) is 0 Å². The summed E-state index contributed by atoms with van der Waals surface area (Å²) in [5, 5.41) is 4.73. The van der Waals surface area contributed by atoms with E-state index in [2.05, 4.69) is 5.32 Å². The molecule has 2 rings (SSSR count). The standard InChI is InChI=1S/C12H15NO3S2/c1-7-6-18-10(12(15)16-2)9(7)13-11(14)8-4-3-5-17-8/h6,8H,3-5H2,1-2H3,(H,13,14). The summed E-state index contributed by atoms with van der Waals surface area (Å²) in [6, 6.07) is 0. The Hall–Kier alpha value is -1.01. The van der Waals surface area contributed by atoms with Crippen molar-refractivity contribution < 1.29 is 14.3 Å². The SMILES string of the molecule is COC(=O)c1scc(C)c1NC(=O)C1CCCS1. The summed E-state index contributed by atoms with van der Waals surface area (Å²) in [5.41, 5.74) is 1.50. The van der Waals surface area contributed by atoms with Crippen LogP contribution in [-0.4, -0.2) is 30.0 Å². The third kappa shape index (κ3) is 2.70. The van der Waals surface area contributed by atoms with E-state index in [1.165, 1.54) is 18.4 Å². The summed E-state index contributed by atoms with van der Waals surface area (Å²) in [6.07, 6.45) is 1.99. The van der Waals surface area contributed by atoms with Crippen molar-refractivity contribution in [1.82, 2.24) is 0 Å². The van der Waals surface area contributed by atoms with E-state index in [9.17, 15) is 9.59 Å². The molecule has 0 spiro atoms. The van der Waals surface area contributed by atoms with Gasteiger partial charge in [0.05, 0.1) is 18.0 Å². The Morgan fingerprint density at radius 2 is 2.28 bits per heavy atom. The highest BCUT2D eigenvalue weighted by Crippen LogP contribution is 2.31. The van der Waals surface area contributed by atoms with E-state index < -0.39 is 5.97 Å². The number of aryl methyl sites for hydroxylation is 1. The number of esters is 1. The van der Waals surface area contributed by atoms with Crippen molar-refractivity contribution in [2.24, 2.45) is 0 Å². The van der Waals surface area contributed by atoms with Crippen molar-refractivity contribution >= 4 is 40.7 Å². The molecule has 1 N–H and O–H groups in total. The number of methoxy groups -OCH3 is 1. The lowest BCUT2D eigenvalue weighted by Gasteiger charge is -2.11. The molecule has 98 valence electrons. The second-order valence-electron chi connectivity index (χ2n) is 4.11. The Bertz CT molecular complexity index is 464. The molecule has 0 bridgehead atoms. The van der Waals surface area contributed by atoms with Crippen LogP contribution < -0.4 is 5.32 Å². The maximum Gasteiger partial charge on any atom is 0.350 e. The molecule has 0 aliphatic carbocycles. The smallest absolute Gasteiger partial charge is 0.350 e. The lowest BCUT2D eigenvalue weighted by atomic mass is 10.2. The number of thiophene rings is 1. The molecule has 1 aromatic rings. The fourth-order valence-corrected chi connectivity index (χ4v) is 3.91. The predicted molar refractivity (Wildman–Crippen MR) is 74.5 cm³/mol. The van der Waals surface area contributed by atoms with Crippen molar-refractivity contribution in [2.45, 2.75) is 25.0 Å². The van der Waals surface area contributed by atoms with Gasteiger partial charge < -0.3 is 10.1 Å². The first kappa shape index (κ1) is 13.4. The van der Waals surface area contributed by atoms with E-state index in [1.54, 1.807) is 11.8 Å². The number of amides is 1. The Balaban J connectivity index is 2.15. The van der Waals surface area contributed by atoms with Gasteiger partial charge in [0.1, 0.15) is 4.88 Å².